The van der Waals surface area contributed by atoms with Gasteiger partial charge in [-0.3, -0.25) is 5.26 Å². The van der Waals surface area contributed by atoms with Gasteiger partial charge < -0.3 is 61.5 Å². The molecule has 4 atom stereocenters. The molecule has 4 saturated heterocycles. The minimum Gasteiger partial charge on any atom is -0.441 e. The van der Waals surface area contributed by atoms with Gasteiger partial charge in [0.15, 0.2) is 0 Å². The molecule has 0 aromatic rings. The van der Waals surface area contributed by atoms with Gasteiger partial charge in [0.25, 0.3) is 8.05 Å². The molecule has 0 saturated carbocycles. The van der Waals surface area contributed by atoms with Gasteiger partial charge in [0, 0.05) is 56.9 Å². The second-order valence-electron chi connectivity index (χ2n) is 8.95. The summed E-state index contributed by atoms with van der Waals surface area (Å²) < 4.78 is 61.6. The lowest BCUT2D eigenvalue weighted by Crippen LogP contribution is -2.23. The summed E-state index contributed by atoms with van der Waals surface area (Å²) in [7, 11) is 17.8. The van der Waals surface area contributed by atoms with E-state index in [0.29, 0.717) is 50.8 Å². The zero-order valence-electron chi connectivity index (χ0n) is 26.7. The summed E-state index contributed by atoms with van der Waals surface area (Å²) in [5.41, 5.74) is 0. The Bertz CT molecular complexity index is 429. The molecule has 0 spiro atoms. The third-order valence-electron chi connectivity index (χ3n) is 4.77. The fourth-order valence-corrected chi connectivity index (χ4v) is 2.38. The largest absolute Gasteiger partial charge is 0.441 e. The highest BCUT2D eigenvalue weighted by molar-refractivity contribution is 5.98. The van der Waals surface area contributed by atoms with Gasteiger partial charge in [-0.2, -0.15) is 0 Å². The molecule has 16 heteroatoms. The molecule has 4 fully saturated rings. The highest BCUT2D eigenvalue weighted by Gasteiger charge is 2.22. The zero-order valence-corrected chi connectivity index (χ0v) is 26.7. The van der Waals surface area contributed by atoms with E-state index >= 15 is 0 Å². The molecular formula is C30H71BO15. The smallest absolute Gasteiger partial charge is 0.283 e. The minimum absolute atomic E-state index is 0. The van der Waals surface area contributed by atoms with Crippen molar-refractivity contribution >= 4 is 8.05 Å². The van der Waals surface area contributed by atoms with Crippen molar-refractivity contribution in [2.24, 2.45) is 0 Å². The van der Waals surface area contributed by atoms with Crippen LogP contribution in [0.25, 0.3) is 0 Å². The molecule has 15 nitrogen and oxygen atoms in total. The van der Waals surface area contributed by atoms with Crippen LogP contribution < -0.4 is 0 Å². The topological polar surface area (TPSA) is 163 Å². The maximum Gasteiger partial charge on any atom is 0.283 e. The van der Waals surface area contributed by atoms with Gasteiger partial charge in [0.2, 0.25) is 0 Å². The molecule has 4 unspecified atom stereocenters. The van der Waals surface area contributed by atoms with E-state index in [1.807, 2.05) is 0 Å². The number of ether oxygens (including phenoxy) is 12. The predicted octanol–water partition coefficient (Wildman–Crippen LogP) is 2.56. The summed E-state index contributed by atoms with van der Waals surface area (Å²) in [5.74, 6) is 0. The Hall–Kier alpha value is -0.535. The highest BCUT2D eigenvalue weighted by Crippen LogP contribution is 2.08. The van der Waals surface area contributed by atoms with Crippen LogP contribution in [0.2, 0.25) is 0 Å². The Morgan fingerprint density at radius 1 is 0.478 bits per heavy atom. The van der Waals surface area contributed by atoms with E-state index < -0.39 is 0 Å². The summed E-state index contributed by atoms with van der Waals surface area (Å²) in [6.07, 6.45) is 1.18. The lowest BCUT2D eigenvalue weighted by Gasteiger charge is -2.12. The molecule has 4 heterocycles. The first kappa shape index (κ1) is 57.7. The number of epoxide rings is 4. The summed E-state index contributed by atoms with van der Waals surface area (Å²) in [4.78, 5) is 3.98. The van der Waals surface area contributed by atoms with Crippen molar-refractivity contribution in [1.29, 1.82) is 0 Å². The average Bonchev–Trinajstić information content (AvgIpc) is 3.78. The fourth-order valence-electron chi connectivity index (χ4n) is 2.38. The minimum atomic E-state index is -0.375. The average molecular weight is 683 g/mol. The van der Waals surface area contributed by atoms with Gasteiger partial charge in [-0.1, -0.05) is 29.7 Å². The summed E-state index contributed by atoms with van der Waals surface area (Å²) in [5, 5.41) is 8.13. The second-order valence-corrected chi connectivity index (χ2v) is 8.95. The van der Waals surface area contributed by atoms with Gasteiger partial charge in [-0.25, -0.2) is 4.89 Å². The molecule has 4 rings (SSSR count). The fraction of sp³-hybridized carbons (Fsp3) is 1.00. The lowest BCUT2D eigenvalue weighted by molar-refractivity contribution is -0.293. The highest BCUT2D eigenvalue weighted by atomic mass is 17.1. The molecule has 284 valence electrons. The lowest BCUT2D eigenvalue weighted by atomic mass is 10.4. The molecule has 46 heavy (non-hydrogen) atoms. The number of hydrogen-bond donors (Lipinski definition) is 1. The van der Waals surface area contributed by atoms with E-state index in [4.69, 9.17) is 60.7 Å². The quantitative estimate of drug-likeness (QED) is 0.0971. The normalized spacial score (nSPS) is 20.1. The number of methoxy groups -OCH3 is 8. The summed E-state index contributed by atoms with van der Waals surface area (Å²) in [6.45, 7) is 8.24. The van der Waals surface area contributed by atoms with Crippen molar-refractivity contribution in [3.63, 3.8) is 0 Å². The van der Waals surface area contributed by atoms with Crippen LogP contribution in [0.1, 0.15) is 29.7 Å². The van der Waals surface area contributed by atoms with Gasteiger partial charge in [0.05, 0.1) is 85.4 Å². The molecule has 2 radical (unpaired) electrons. The van der Waals surface area contributed by atoms with Gasteiger partial charge >= 0.3 is 0 Å². The Kier molecular flexibility index (Phi) is 55.8. The third kappa shape index (κ3) is 50.3. The van der Waals surface area contributed by atoms with Crippen LogP contribution in [0.4, 0.5) is 0 Å². The summed E-state index contributed by atoms with van der Waals surface area (Å²) in [6, 6.07) is 0. The maximum atomic E-state index is 8.13. The molecule has 1 N–H and O–H groups in total. The Balaban J connectivity index is -0.000000103. The van der Waals surface area contributed by atoms with E-state index in [0.717, 1.165) is 52.9 Å². The standard InChI is InChI=1S/C5H11BO3.C5H12O4.4C4H8O2.4CH4/c2*1-7-3-5(9-6)4-8-2;4*1-5-2-4-3-6-4;;;;/h5H,3-4H2,1-2H3;5-6H,3-4H2,1-2H3;4*4H,2-3H2,1H3;4*1H4. The SMILES string of the molecule is C.C.C.C.COCC(COC)OO.COCC1CO1.COCC1CO1.COCC1CO1.COCC1CO1.[B]OC(COC)COC. The molecule has 0 aliphatic carbocycles. The van der Waals surface area contributed by atoms with Crippen LogP contribution in [0.3, 0.4) is 0 Å². The molecule has 0 aromatic carbocycles. The number of rotatable bonds is 18. The molecule has 4 aliphatic rings. The molecule has 0 amide bonds. The van der Waals surface area contributed by atoms with Gasteiger partial charge in [0.1, 0.15) is 30.5 Å². The van der Waals surface area contributed by atoms with Crippen molar-refractivity contribution in [2.45, 2.75) is 66.3 Å². The first-order valence-corrected chi connectivity index (χ1v) is 13.5. The van der Waals surface area contributed by atoms with E-state index in [1.54, 1.807) is 42.7 Å². The van der Waals surface area contributed by atoms with Crippen LogP contribution in [0.15, 0.2) is 0 Å². The monoisotopic (exact) mass is 682 g/mol. The maximum absolute atomic E-state index is 8.13. The first-order valence-electron chi connectivity index (χ1n) is 13.5. The van der Waals surface area contributed by atoms with E-state index in [-0.39, 0.29) is 41.9 Å². The van der Waals surface area contributed by atoms with E-state index in [1.165, 1.54) is 14.2 Å². The van der Waals surface area contributed by atoms with Gasteiger partial charge in [-0.05, 0) is 0 Å². The van der Waals surface area contributed by atoms with Gasteiger partial charge in [-0.15, -0.1) is 0 Å². The first-order chi connectivity index (χ1) is 20.4. The molecule has 4 aliphatic heterocycles. The Labute approximate surface area is 282 Å². The van der Waals surface area contributed by atoms with E-state index in [9.17, 15) is 0 Å². The molecule has 0 bridgehead atoms. The number of hydrogen-bond acceptors (Lipinski definition) is 15. The van der Waals surface area contributed by atoms with Crippen LogP contribution in [-0.2, 0) is 66.4 Å². The van der Waals surface area contributed by atoms with Crippen molar-refractivity contribution in [3.05, 3.63) is 0 Å². The third-order valence-corrected chi connectivity index (χ3v) is 4.77. The van der Waals surface area contributed by atoms with Crippen molar-refractivity contribution in [3.8, 4) is 0 Å². The van der Waals surface area contributed by atoms with Crippen LogP contribution in [-0.4, -0.2) is 186 Å². The van der Waals surface area contributed by atoms with Crippen molar-refractivity contribution in [1.82, 2.24) is 0 Å². The van der Waals surface area contributed by atoms with Crippen molar-refractivity contribution < 1.29 is 71.6 Å². The van der Waals surface area contributed by atoms with Crippen LogP contribution in [0.5, 0.6) is 0 Å². The predicted molar refractivity (Wildman–Crippen MR) is 179 cm³/mol. The molecular weight excluding hydrogens is 611 g/mol. The van der Waals surface area contributed by atoms with Crippen molar-refractivity contribution in [2.75, 3.05) is 136 Å². The summed E-state index contributed by atoms with van der Waals surface area (Å²) >= 11 is 0. The second kappa shape index (κ2) is 44.5. The Morgan fingerprint density at radius 2 is 0.696 bits per heavy atom. The molecule has 0 aromatic heterocycles. The Morgan fingerprint density at radius 3 is 0.804 bits per heavy atom. The van der Waals surface area contributed by atoms with Crippen LogP contribution >= 0.6 is 0 Å². The zero-order chi connectivity index (χ0) is 31.8. The van der Waals surface area contributed by atoms with Crippen LogP contribution in [0, 0.1) is 0 Å². The van der Waals surface area contributed by atoms with E-state index in [2.05, 4.69) is 19.0 Å².